The van der Waals surface area contributed by atoms with Crippen LogP contribution >= 0.6 is 11.6 Å². The van der Waals surface area contributed by atoms with Crippen molar-refractivity contribution in [1.82, 2.24) is 10.1 Å². The lowest BCUT2D eigenvalue weighted by atomic mass is 9.95. The topological polar surface area (TPSA) is 74.2 Å². The van der Waals surface area contributed by atoms with Crippen LogP contribution in [0.1, 0.15) is 36.3 Å². The molecule has 0 bridgehead atoms. The maximum Gasteiger partial charge on any atom is 0.240 e. The summed E-state index contributed by atoms with van der Waals surface area (Å²) in [5, 5.41) is 4.63. The fourth-order valence-corrected chi connectivity index (χ4v) is 3.20. The average molecular weight is 308 g/mol. The Morgan fingerprint density at radius 3 is 2.86 bits per heavy atom. The first-order valence-electron chi connectivity index (χ1n) is 7.16. The van der Waals surface area contributed by atoms with Crippen molar-refractivity contribution in [1.29, 1.82) is 0 Å². The normalized spacial score (nSPS) is 14.6. The Morgan fingerprint density at radius 2 is 2.14 bits per heavy atom. The molecule has 1 aliphatic carbocycles. The second kappa shape index (κ2) is 6.03. The Labute approximate surface area is 128 Å². The van der Waals surface area contributed by atoms with E-state index in [2.05, 4.69) is 10.1 Å². The molecule has 1 aliphatic rings. The minimum absolute atomic E-state index is 0.220. The van der Waals surface area contributed by atoms with Gasteiger partial charge in [0.25, 0.3) is 0 Å². The molecule has 0 atom stereocenters. The molecule has 2 aromatic rings. The lowest BCUT2D eigenvalue weighted by molar-refractivity contribution is 0.379. The second-order valence-corrected chi connectivity index (χ2v) is 5.59. The van der Waals surface area contributed by atoms with Crippen molar-refractivity contribution in [3.63, 3.8) is 0 Å². The highest BCUT2D eigenvalue weighted by molar-refractivity contribution is 6.32. The number of nitrogens with two attached hydrogens (primary N) is 1. The number of ether oxygens (including phenoxy) is 1. The smallest absolute Gasteiger partial charge is 0.240 e. The average Bonchev–Trinajstić information content (AvgIpc) is 2.84. The van der Waals surface area contributed by atoms with Gasteiger partial charge in [-0.1, -0.05) is 23.2 Å². The standard InChI is InChI=1S/C15H18ClN3O2/c1-20-14-11(16)7-9-5-3-2-4-6-10(9)13(14)15-18-12(8-17)21-19-15/h7H,2-6,8,17H2,1H3. The Balaban J connectivity index is 2.22. The van der Waals surface area contributed by atoms with Crippen molar-refractivity contribution in [2.75, 3.05) is 7.11 Å². The van der Waals surface area contributed by atoms with Crippen molar-refractivity contribution in [2.45, 2.75) is 38.6 Å². The third kappa shape index (κ3) is 2.63. The molecule has 2 N–H and O–H groups in total. The zero-order valence-corrected chi connectivity index (χ0v) is 12.7. The van der Waals surface area contributed by atoms with E-state index >= 15 is 0 Å². The summed E-state index contributed by atoms with van der Waals surface area (Å²) in [4.78, 5) is 4.35. The molecule has 0 saturated carbocycles. The Bertz CT molecular complexity index is 655. The zero-order chi connectivity index (χ0) is 14.8. The first kappa shape index (κ1) is 14.4. The molecular weight excluding hydrogens is 290 g/mol. The van der Waals surface area contributed by atoms with Crippen LogP contribution in [-0.2, 0) is 19.4 Å². The van der Waals surface area contributed by atoms with E-state index in [1.165, 1.54) is 24.0 Å². The van der Waals surface area contributed by atoms with Gasteiger partial charge in [-0.3, -0.25) is 0 Å². The first-order valence-corrected chi connectivity index (χ1v) is 7.53. The quantitative estimate of drug-likeness (QED) is 0.882. The summed E-state index contributed by atoms with van der Waals surface area (Å²) in [5.74, 6) is 1.53. The van der Waals surface area contributed by atoms with Gasteiger partial charge < -0.3 is 15.0 Å². The molecule has 0 spiro atoms. The van der Waals surface area contributed by atoms with E-state index < -0.39 is 0 Å². The fraction of sp³-hybridized carbons (Fsp3) is 0.467. The van der Waals surface area contributed by atoms with Crippen molar-refractivity contribution in [2.24, 2.45) is 5.73 Å². The van der Waals surface area contributed by atoms with Gasteiger partial charge in [0, 0.05) is 0 Å². The summed E-state index contributed by atoms with van der Waals surface area (Å²) >= 11 is 6.37. The van der Waals surface area contributed by atoms with Gasteiger partial charge in [-0.05, 0) is 42.9 Å². The van der Waals surface area contributed by atoms with Gasteiger partial charge in [-0.25, -0.2) is 0 Å². The molecule has 112 valence electrons. The van der Waals surface area contributed by atoms with E-state index in [4.69, 9.17) is 26.6 Å². The summed E-state index contributed by atoms with van der Waals surface area (Å²) in [6.07, 6.45) is 5.54. The van der Waals surface area contributed by atoms with E-state index in [9.17, 15) is 0 Å². The van der Waals surface area contributed by atoms with E-state index in [-0.39, 0.29) is 6.54 Å². The molecule has 0 saturated heterocycles. The monoisotopic (exact) mass is 307 g/mol. The SMILES string of the molecule is COc1c(Cl)cc2c(c1-c1noc(CN)n1)CCCCC2. The van der Waals surface area contributed by atoms with Gasteiger partial charge in [-0.2, -0.15) is 4.98 Å². The largest absolute Gasteiger partial charge is 0.494 e. The number of aromatic nitrogens is 2. The first-order chi connectivity index (χ1) is 10.2. The van der Waals surface area contributed by atoms with Crippen LogP contribution in [0.4, 0.5) is 0 Å². The van der Waals surface area contributed by atoms with E-state index in [0.717, 1.165) is 24.8 Å². The molecule has 0 fully saturated rings. The Kier molecular flexibility index (Phi) is 4.12. The van der Waals surface area contributed by atoms with Crippen molar-refractivity contribution in [3.8, 4) is 17.1 Å². The minimum Gasteiger partial charge on any atom is -0.494 e. The molecular formula is C15H18ClN3O2. The molecule has 3 rings (SSSR count). The predicted octanol–water partition coefficient (Wildman–Crippen LogP) is 3.13. The lowest BCUT2D eigenvalue weighted by Crippen LogP contribution is -2.01. The van der Waals surface area contributed by atoms with Gasteiger partial charge in [-0.15, -0.1) is 0 Å². The number of nitrogens with zero attached hydrogens (tertiary/aromatic N) is 2. The number of hydrogen-bond acceptors (Lipinski definition) is 5. The number of halogens is 1. The fourth-order valence-electron chi connectivity index (χ4n) is 2.90. The molecule has 1 aromatic heterocycles. The zero-order valence-electron chi connectivity index (χ0n) is 12.0. The molecule has 6 heteroatoms. The van der Waals surface area contributed by atoms with Crippen LogP contribution in [0, 0.1) is 0 Å². The lowest BCUT2D eigenvalue weighted by Gasteiger charge is -2.15. The molecule has 0 unspecified atom stereocenters. The number of rotatable bonds is 3. The summed E-state index contributed by atoms with van der Waals surface area (Å²) in [5.41, 5.74) is 8.88. The molecule has 5 nitrogen and oxygen atoms in total. The van der Waals surface area contributed by atoms with Crippen LogP contribution in [-0.4, -0.2) is 17.3 Å². The number of hydrogen-bond donors (Lipinski definition) is 1. The molecule has 0 aliphatic heterocycles. The summed E-state index contributed by atoms with van der Waals surface area (Å²) in [6, 6.07) is 2.01. The van der Waals surface area contributed by atoms with E-state index in [0.29, 0.717) is 22.5 Å². The number of fused-ring (bicyclic) bond motifs is 1. The van der Waals surface area contributed by atoms with Crippen LogP contribution in [0.2, 0.25) is 5.02 Å². The molecule has 0 radical (unpaired) electrons. The van der Waals surface area contributed by atoms with E-state index in [1.807, 2.05) is 6.07 Å². The van der Waals surface area contributed by atoms with Gasteiger partial charge in [0.15, 0.2) is 0 Å². The number of methoxy groups -OCH3 is 1. The van der Waals surface area contributed by atoms with Gasteiger partial charge in [0.05, 0.1) is 24.2 Å². The van der Waals surface area contributed by atoms with Crippen molar-refractivity contribution in [3.05, 3.63) is 28.1 Å². The maximum absolute atomic E-state index is 6.37. The van der Waals surface area contributed by atoms with Crippen LogP contribution < -0.4 is 10.5 Å². The summed E-state index contributed by atoms with van der Waals surface area (Å²) < 4.78 is 10.6. The van der Waals surface area contributed by atoms with Crippen molar-refractivity contribution < 1.29 is 9.26 Å². The number of benzene rings is 1. The third-order valence-corrected chi connectivity index (χ3v) is 4.16. The highest BCUT2D eigenvalue weighted by atomic mass is 35.5. The molecule has 1 heterocycles. The molecule has 21 heavy (non-hydrogen) atoms. The third-order valence-electron chi connectivity index (χ3n) is 3.88. The molecule has 0 amide bonds. The Morgan fingerprint density at radius 1 is 1.33 bits per heavy atom. The predicted molar refractivity (Wildman–Crippen MR) is 80.4 cm³/mol. The van der Waals surface area contributed by atoms with Crippen LogP contribution in [0.25, 0.3) is 11.4 Å². The Hall–Kier alpha value is -1.59. The number of aryl methyl sites for hydroxylation is 1. The molecule has 1 aromatic carbocycles. The summed E-state index contributed by atoms with van der Waals surface area (Å²) in [7, 11) is 1.61. The second-order valence-electron chi connectivity index (χ2n) is 5.18. The maximum atomic E-state index is 6.37. The van der Waals surface area contributed by atoms with Gasteiger partial charge in [0.1, 0.15) is 5.75 Å². The van der Waals surface area contributed by atoms with Crippen LogP contribution in [0.5, 0.6) is 5.75 Å². The van der Waals surface area contributed by atoms with Crippen LogP contribution in [0.3, 0.4) is 0 Å². The summed E-state index contributed by atoms with van der Waals surface area (Å²) in [6.45, 7) is 0.220. The minimum atomic E-state index is 0.220. The highest BCUT2D eigenvalue weighted by Crippen LogP contribution is 2.41. The van der Waals surface area contributed by atoms with E-state index in [1.54, 1.807) is 7.11 Å². The van der Waals surface area contributed by atoms with Crippen LogP contribution in [0.15, 0.2) is 10.6 Å². The van der Waals surface area contributed by atoms with Gasteiger partial charge in [0.2, 0.25) is 11.7 Å². The van der Waals surface area contributed by atoms with Gasteiger partial charge >= 0.3 is 0 Å². The highest BCUT2D eigenvalue weighted by Gasteiger charge is 2.24. The van der Waals surface area contributed by atoms with Crippen molar-refractivity contribution >= 4 is 11.6 Å².